The van der Waals surface area contributed by atoms with E-state index in [1.807, 2.05) is 0 Å². The van der Waals surface area contributed by atoms with Crippen molar-refractivity contribution in [2.75, 3.05) is 4.90 Å². The molecule has 0 bridgehead atoms. The van der Waals surface area contributed by atoms with Gasteiger partial charge in [0.2, 0.25) is 0 Å². The van der Waals surface area contributed by atoms with E-state index in [1.54, 1.807) is 0 Å². The smallest absolute Gasteiger partial charge is 0.0547 e. The van der Waals surface area contributed by atoms with E-state index < -0.39 is 0 Å². The lowest BCUT2D eigenvalue weighted by atomic mass is 9.93. The van der Waals surface area contributed by atoms with E-state index >= 15 is 0 Å². The summed E-state index contributed by atoms with van der Waals surface area (Å²) in [5, 5.41) is 15.1. The van der Waals surface area contributed by atoms with E-state index in [1.165, 1.54) is 103 Å². The molecule has 0 radical (unpaired) electrons. The summed E-state index contributed by atoms with van der Waals surface area (Å²) in [6, 6.07) is 98.2. The minimum Gasteiger partial charge on any atom is -0.310 e. The lowest BCUT2D eigenvalue weighted by molar-refractivity contribution is 1.18. The number of nitrogens with zero attached hydrogens (tertiary/aromatic N) is 2. The molecule has 0 saturated heterocycles. The molecule has 0 unspecified atom stereocenters. The third-order valence-electron chi connectivity index (χ3n) is 14.5. The number of fused-ring (bicyclic) bond motifs is 10. The van der Waals surface area contributed by atoms with E-state index in [0.717, 1.165) is 28.3 Å². The second kappa shape index (κ2) is 16.2. The van der Waals surface area contributed by atoms with Crippen molar-refractivity contribution in [3.63, 3.8) is 0 Å². The van der Waals surface area contributed by atoms with Crippen LogP contribution in [0.25, 0.3) is 115 Å². The fourth-order valence-electron chi connectivity index (χ4n) is 11.2. The van der Waals surface area contributed by atoms with Gasteiger partial charge in [-0.25, -0.2) is 0 Å². The Morgan fingerprint density at radius 1 is 0.243 bits per heavy atom. The Morgan fingerprint density at radius 2 is 0.814 bits per heavy atom. The summed E-state index contributed by atoms with van der Waals surface area (Å²) in [4.78, 5) is 2.41. The van der Waals surface area contributed by atoms with Crippen molar-refractivity contribution in [1.29, 1.82) is 0 Å². The van der Waals surface area contributed by atoms with Crippen LogP contribution in [0.1, 0.15) is 0 Å². The number of hydrogen-bond acceptors (Lipinski definition) is 1. The second-order valence-electron chi connectivity index (χ2n) is 18.5. The van der Waals surface area contributed by atoms with Crippen LogP contribution in [0.2, 0.25) is 0 Å². The molecular formula is C68H44N2. The third kappa shape index (κ3) is 6.57. The van der Waals surface area contributed by atoms with E-state index in [9.17, 15) is 0 Å². The zero-order valence-corrected chi connectivity index (χ0v) is 38.3. The fraction of sp³-hybridized carbons (Fsp3) is 0. The molecule has 0 aliphatic heterocycles. The van der Waals surface area contributed by atoms with Crippen LogP contribution in [0, 0.1) is 0 Å². The molecule has 0 spiro atoms. The first-order valence-corrected chi connectivity index (χ1v) is 24.2. The van der Waals surface area contributed by atoms with Gasteiger partial charge in [-0.15, -0.1) is 0 Å². The molecule has 2 nitrogen and oxygen atoms in total. The van der Waals surface area contributed by atoms with Gasteiger partial charge in [-0.1, -0.05) is 188 Å². The highest BCUT2D eigenvalue weighted by atomic mass is 15.1. The Kier molecular flexibility index (Phi) is 9.25. The Bertz CT molecular complexity index is 4340. The van der Waals surface area contributed by atoms with Crippen molar-refractivity contribution in [3.05, 3.63) is 267 Å². The highest BCUT2D eigenvalue weighted by molar-refractivity contribution is 6.19. The summed E-state index contributed by atoms with van der Waals surface area (Å²) < 4.78 is 2.43. The van der Waals surface area contributed by atoms with Gasteiger partial charge in [0, 0.05) is 33.5 Å². The largest absolute Gasteiger partial charge is 0.310 e. The Morgan fingerprint density at radius 3 is 1.59 bits per heavy atom. The van der Waals surface area contributed by atoms with E-state index in [0.29, 0.717) is 0 Å². The monoisotopic (exact) mass is 888 g/mol. The van der Waals surface area contributed by atoms with Gasteiger partial charge in [0.25, 0.3) is 0 Å². The number of para-hydroxylation sites is 1. The minimum atomic E-state index is 1.08. The summed E-state index contributed by atoms with van der Waals surface area (Å²) in [5.74, 6) is 0. The van der Waals surface area contributed by atoms with Crippen molar-refractivity contribution in [2.24, 2.45) is 0 Å². The Balaban J connectivity index is 0.921. The predicted octanol–water partition coefficient (Wildman–Crippen LogP) is 19.0. The number of anilines is 3. The molecule has 14 aromatic rings. The van der Waals surface area contributed by atoms with Crippen LogP contribution >= 0.6 is 0 Å². The van der Waals surface area contributed by atoms with Crippen molar-refractivity contribution < 1.29 is 0 Å². The molecule has 70 heavy (non-hydrogen) atoms. The molecular weight excluding hydrogens is 845 g/mol. The van der Waals surface area contributed by atoms with Gasteiger partial charge in [0.1, 0.15) is 0 Å². The lowest BCUT2D eigenvalue weighted by Crippen LogP contribution is -2.10. The maximum Gasteiger partial charge on any atom is 0.0547 e. The number of hydrogen-bond donors (Lipinski definition) is 0. The molecule has 14 rings (SSSR count). The standard InChI is InChI=1S/C68H44N2/c1-2-19-54(20-3-1)70-66-27-13-26-61(68(66)65-42-48-15-4-5-16-49(48)44-67(65)70)51-18-12-21-57(41-51)69(55-35-30-45(31-36-55)50-34-39-60-53(40-50)29-28-46-14-6-8-22-58(46)60)56-37-32-47(33-38-56)64-43-52-17-7-9-23-59(52)62-24-10-11-25-63(62)64/h1-44H. The van der Waals surface area contributed by atoms with E-state index in [4.69, 9.17) is 0 Å². The van der Waals surface area contributed by atoms with E-state index in [-0.39, 0.29) is 0 Å². The third-order valence-corrected chi connectivity index (χ3v) is 14.5. The van der Waals surface area contributed by atoms with Gasteiger partial charge in [-0.05, 0) is 166 Å². The van der Waals surface area contributed by atoms with Crippen molar-refractivity contribution in [3.8, 4) is 39.1 Å². The quantitative estimate of drug-likeness (QED) is 0.145. The first-order valence-electron chi connectivity index (χ1n) is 24.2. The zero-order valence-electron chi connectivity index (χ0n) is 38.3. The van der Waals surface area contributed by atoms with Crippen molar-refractivity contribution >= 4 is 92.7 Å². The number of aromatic nitrogens is 1. The van der Waals surface area contributed by atoms with Crippen LogP contribution in [-0.2, 0) is 0 Å². The predicted molar refractivity (Wildman–Crippen MR) is 299 cm³/mol. The normalized spacial score (nSPS) is 11.7. The lowest BCUT2D eigenvalue weighted by Gasteiger charge is -2.26. The number of benzene rings is 13. The maximum atomic E-state index is 2.43. The molecule has 1 heterocycles. The molecule has 326 valence electrons. The van der Waals surface area contributed by atoms with Crippen LogP contribution in [-0.4, -0.2) is 4.57 Å². The topological polar surface area (TPSA) is 8.17 Å². The molecule has 0 N–H and O–H groups in total. The average molecular weight is 889 g/mol. The SMILES string of the molecule is c1ccc(-n2c3cc4ccccc4cc3c3c(-c4cccc(N(c5ccc(-c6ccc7c(ccc8ccccc87)c6)cc5)c5ccc(-c6cc7ccccc7c7ccccc67)cc5)c4)cccc32)cc1. The Hall–Kier alpha value is -9.24. The minimum absolute atomic E-state index is 1.08. The summed E-state index contributed by atoms with van der Waals surface area (Å²) in [5.41, 5.74) is 14.0. The molecule has 1 aromatic heterocycles. The summed E-state index contributed by atoms with van der Waals surface area (Å²) >= 11 is 0. The van der Waals surface area contributed by atoms with Crippen LogP contribution in [0.5, 0.6) is 0 Å². The van der Waals surface area contributed by atoms with Crippen LogP contribution in [0.15, 0.2) is 267 Å². The summed E-state index contributed by atoms with van der Waals surface area (Å²) in [7, 11) is 0. The van der Waals surface area contributed by atoms with Crippen molar-refractivity contribution in [1.82, 2.24) is 4.57 Å². The van der Waals surface area contributed by atoms with Gasteiger partial charge in [-0.3, -0.25) is 0 Å². The van der Waals surface area contributed by atoms with Gasteiger partial charge >= 0.3 is 0 Å². The molecule has 0 atom stereocenters. The molecule has 13 aromatic carbocycles. The first kappa shape index (κ1) is 39.9. The fourth-order valence-corrected chi connectivity index (χ4v) is 11.2. The van der Waals surface area contributed by atoms with Crippen LogP contribution in [0.3, 0.4) is 0 Å². The molecule has 0 amide bonds. The van der Waals surface area contributed by atoms with Gasteiger partial charge in [0.05, 0.1) is 11.0 Å². The van der Waals surface area contributed by atoms with E-state index in [2.05, 4.69) is 276 Å². The Labute approximate surface area is 406 Å². The highest BCUT2D eigenvalue weighted by Gasteiger charge is 2.20. The van der Waals surface area contributed by atoms with Crippen LogP contribution < -0.4 is 4.90 Å². The van der Waals surface area contributed by atoms with Gasteiger partial charge < -0.3 is 9.47 Å². The zero-order chi connectivity index (χ0) is 46.1. The second-order valence-corrected chi connectivity index (χ2v) is 18.5. The number of rotatable bonds is 7. The first-order chi connectivity index (χ1) is 34.7. The summed E-state index contributed by atoms with van der Waals surface area (Å²) in [6.45, 7) is 0. The maximum absolute atomic E-state index is 2.43. The molecule has 0 aliphatic carbocycles. The van der Waals surface area contributed by atoms with Gasteiger partial charge in [0.15, 0.2) is 0 Å². The molecule has 2 heteroatoms. The highest BCUT2D eigenvalue weighted by Crippen LogP contribution is 2.44. The molecule has 0 aliphatic rings. The average Bonchev–Trinajstić information content (AvgIpc) is 3.76. The molecule has 0 fully saturated rings. The molecule has 0 saturated carbocycles. The van der Waals surface area contributed by atoms with Crippen molar-refractivity contribution in [2.45, 2.75) is 0 Å². The van der Waals surface area contributed by atoms with Crippen LogP contribution in [0.4, 0.5) is 17.1 Å². The summed E-state index contributed by atoms with van der Waals surface area (Å²) in [6.07, 6.45) is 0. The van der Waals surface area contributed by atoms with Gasteiger partial charge in [-0.2, -0.15) is 0 Å².